The molecule has 7 heteroatoms. The molecule has 2 aliphatic carbocycles. The molecule has 0 N–H and O–H groups in total. The van der Waals surface area contributed by atoms with Crippen LogP contribution in [0.1, 0.15) is 12.5 Å². The third kappa shape index (κ3) is 27.5. The van der Waals surface area contributed by atoms with Crippen LogP contribution in [0.3, 0.4) is 0 Å². The van der Waals surface area contributed by atoms with Crippen LogP contribution in [0.2, 0.25) is 19.6 Å². The molecule has 10 radical (unpaired) electrons. The summed E-state index contributed by atoms with van der Waals surface area (Å²) in [4.78, 5) is 0. The molecule has 2 fully saturated rings. The molecule has 1 aromatic carbocycles. The van der Waals surface area contributed by atoms with Gasteiger partial charge in [0.05, 0.1) is 0 Å². The molecule has 0 heterocycles. The summed E-state index contributed by atoms with van der Waals surface area (Å²) in [6, 6.07) is 10.5. The second-order valence-electron chi connectivity index (χ2n) is 6.79. The van der Waals surface area contributed by atoms with Crippen LogP contribution in [0, 0.1) is 69.9 Å². The van der Waals surface area contributed by atoms with Crippen molar-refractivity contribution in [2.75, 3.05) is 0 Å². The molecule has 0 aromatic heterocycles. The molecule has 152 valence electrons. The smallest absolute Gasteiger partial charge is 0.391 e. The first-order chi connectivity index (χ1) is 13.0. The van der Waals surface area contributed by atoms with Crippen LogP contribution in [0.5, 0.6) is 0 Å². The van der Waals surface area contributed by atoms with Gasteiger partial charge in [-0.1, -0.05) is 44.8 Å². The van der Waals surface area contributed by atoms with E-state index in [9.17, 15) is 0 Å². The number of halogens is 4. The number of benzene rings is 1. The largest absolute Gasteiger partial charge is 4.00 e. The third-order valence-electron chi connectivity index (χ3n) is 2.88. The second kappa shape index (κ2) is 19.1. The van der Waals surface area contributed by atoms with Gasteiger partial charge in [0, 0.05) is 0 Å². The fourth-order valence-corrected chi connectivity index (χ4v) is 3.23. The minimum absolute atomic E-state index is 0. The molecule has 0 atom stereocenters. The van der Waals surface area contributed by atoms with Gasteiger partial charge in [-0.15, -0.1) is 12.1 Å². The molecular formula is C22H27AlCl4SiTi+2. The summed E-state index contributed by atoms with van der Waals surface area (Å²) in [5.74, 6) is 0. The Bertz CT molecular complexity index is 489. The van der Waals surface area contributed by atoms with Gasteiger partial charge in [-0.3, -0.25) is 5.70 Å². The molecule has 0 amide bonds. The molecule has 0 spiro atoms. The van der Waals surface area contributed by atoms with Crippen molar-refractivity contribution in [1.29, 1.82) is 0 Å². The summed E-state index contributed by atoms with van der Waals surface area (Å²) < 4.78 is 0. The standard InChI is InChI=1S/C12H17Si.2C5H5.Al.4ClH.Ti/c1-11(10-13(2,3)4)12-8-6-5-7-9-12;2*1-2-4-5-3-1;;;;;;/h5-9H,1-4H3;2*1-5H;;4*1H;/q-1;;;+3;;;;;+4/p-4. The fourth-order valence-electron chi connectivity index (χ4n) is 1.96. The SMILES string of the molecule is CC(=[C-][Si](C)(C)C)c1ccccc1.[CH]1[CH][CH][CH][CH]1.[CH]1[CH][CH][CH][CH]1.[Cl][Al-]([Cl])([Cl])[Cl].[Ti+4]. The van der Waals surface area contributed by atoms with E-state index in [0.29, 0.717) is 0 Å². The zero-order chi connectivity index (χ0) is 21.5. The third-order valence-corrected chi connectivity index (χ3v) is 4.01. The Morgan fingerprint density at radius 3 is 1.21 bits per heavy atom. The van der Waals surface area contributed by atoms with E-state index in [1.807, 2.05) is 70.3 Å². The van der Waals surface area contributed by atoms with E-state index in [2.05, 4.69) is 56.5 Å². The Balaban J connectivity index is 0. The van der Waals surface area contributed by atoms with Crippen molar-refractivity contribution in [3.05, 3.63) is 106 Å². The van der Waals surface area contributed by atoms with Gasteiger partial charge in [0.15, 0.2) is 0 Å². The fraction of sp³-hybridized carbons (Fsp3) is 0.182. The predicted octanol–water partition coefficient (Wildman–Crippen LogP) is 8.19. The summed E-state index contributed by atoms with van der Waals surface area (Å²) in [7, 11) is 15.8. The van der Waals surface area contributed by atoms with Crippen LogP contribution < -0.4 is 0 Å². The number of hydrogen-bond donors (Lipinski definition) is 0. The normalized spacial score (nSPS) is 16.2. The molecule has 3 rings (SSSR count). The van der Waals surface area contributed by atoms with Gasteiger partial charge in [-0.25, -0.2) is 5.57 Å². The van der Waals surface area contributed by atoms with Crippen LogP contribution in [-0.4, -0.2) is 17.5 Å². The van der Waals surface area contributed by atoms with Crippen molar-refractivity contribution in [2.24, 2.45) is 0 Å². The van der Waals surface area contributed by atoms with Crippen LogP contribution in [0.15, 0.2) is 30.3 Å². The van der Waals surface area contributed by atoms with Gasteiger partial charge in [0.1, 0.15) is 0 Å². The first-order valence-corrected chi connectivity index (χ1v) is 19.3. The maximum Gasteiger partial charge on any atom is 4.00 e. The molecule has 29 heavy (non-hydrogen) atoms. The summed E-state index contributed by atoms with van der Waals surface area (Å²) in [5.41, 5.74) is 6.18. The molecule has 0 unspecified atom stereocenters. The molecule has 0 nitrogen and oxygen atoms in total. The minimum Gasteiger partial charge on any atom is -0.391 e. The van der Waals surface area contributed by atoms with E-state index in [1.54, 1.807) is 0 Å². The molecule has 0 aliphatic heterocycles. The van der Waals surface area contributed by atoms with Gasteiger partial charge >= 0.3 is 31.1 Å². The maximum absolute atomic E-state index is 4.99. The Morgan fingerprint density at radius 1 is 0.690 bits per heavy atom. The van der Waals surface area contributed by atoms with E-state index in [1.165, 1.54) is 11.1 Å². The summed E-state index contributed by atoms with van der Waals surface area (Å²) in [5, 5.41) is 0. The molecular weight excluding hydrogens is 509 g/mol. The first kappa shape index (κ1) is 32.8. The van der Waals surface area contributed by atoms with Crippen LogP contribution in [0.4, 0.5) is 0 Å². The van der Waals surface area contributed by atoms with Crippen molar-refractivity contribution in [1.82, 2.24) is 0 Å². The van der Waals surface area contributed by atoms with Crippen molar-refractivity contribution in [2.45, 2.75) is 26.6 Å². The first-order valence-electron chi connectivity index (χ1n) is 8.87. The van der Waals surface area contributed by atoms with Gasteiger partial charge in [0.25, 0.3) is 0 Å². The molecule has 1 aromatic rings. The average Bonchev–Trinajstić information content (AvgIpc) is 3.31. The zero-order valence-electron chi connectivity index (χ0n) is 17.2. The van der Waals surface area contributed by atoms with Crippen LogP contribution >= 0.6 is 40.2 Å². The quantitative estimate of drug-likeness (QED) is 0.264. The van der Waals surface area contributed by atoms with E-state index in [-0.39, 0.29) is 21.7 Å². The predicted molar refractivity (Wildman–Crippen MR) is 134 cm³/mol. The van der Waals surface area contributed by atoms with Crippen LogP contribution in [0.25, 0.3) is 5.57 Å². The van der Waals surface area contributed by atoms with Crippen molar-refractivity contribution in [3.63, 3.8) is 0 Å². The second-order valence-corrected chi connectivity index (χ2v) is 24.4. The summed E-state index contributed by atoms with van der Waals surface area (Å²) >= 11 is 0. The van der Waals surface area contributed by atoms with Crippen LogP contribution in [-0.2, 0) is 21.7 Å². The van der Waals surface area contributed by atoms with Gasteiger partial charge < -0.3 is 40.2 Å². The number of rotatable bonds is 2. The summed E-state index contributed by atoms with van der Waals surface area (Å²) in [6.07, 6.45) is 20.0. The van der Waals surface area contributed by atoms with Gasteiger partial charge in [-0.2, -0.15) is 5.56 Å². The van der Waals surface area contributed by atoms with Gasteiger partial charge in [-0.05, 0) is 72.3 Å². The van der Waals surface area contributed by atoms with E-state index < -0.39 is 17.5 Å². The Morgan fingerprint density at radius 2 is 0.966 bits per heavy atom. The number of allylic oxidation sites excluding steroid dienone is 1. The van der Waals surface area contributed by atoms with E-state index >= 15 is 0 Å². The van der Waals surface area contributed by atoms with Crippen molar-refractivity contribution in [3.8, 4) is 0 Å². The van der Waals surface area contributed by atoms with Crippen molar-refractivity contribution < 1.29 is 21.7 Å². The van der Waals surface area contributed by atoms with Crippen molar-refractivity contribution >= 4 is 63.2 Å². The van der Waals surface area contributed by atoms with E-state index in [4.69, 9.17) is 40.2 Å². The Kier molecular flexibility index (Phi) is 21.6. The Hall–Kier alpha value is 1.58. The maximum atomic E-state index is 4.99. The van der Waals surface area contributed by atoms with E-state index in [0.717, 1.165) is 0 Å². The van der Waals surface area contributed by atoms with Gasteiger partial charge in [0.2, 0.25) is 0 Å². The summed E-state index contributed by atoms with van der Waals surface area (Å²) in [6.45, 7) is 9.06. The minimum atomic E-state index is -2.94. The molecule has 2 saturated carbocycles. The zero-order valence-corrected chi connectivity index (χ0v) is 24.0. The average molecular weight is 536 g/mol. The monoisotopic (exact) mass is 534 g/mol. The molecule has 2 aliphatic rings. The molecule has 0 bridgehead atoms. The topological polar surface area (TPSA) is 0 Å². The molecule has 0 saturated heterocycles. The number of hydrogen-bond acceptors (Lipinski definition) is 0. The Labute approximate surface area is 215 Å².